The molecule has 0 saturated carbocycles. The van der Waals surface area contributed by atoms with Gasteiger partial charge in [-0.15, -0.1) is 0 Å². The van der Waals surface area contributed by atoms with Crippen LogP contribution in [-0.2, 0) is 12.7 Å². The highest BCUT2D eigenvalue weighted by atomic mass is 32.2. The lowest BCUT2D eigenvalue weighted by Gasteiger charge is -2.10. The Labute approximate surface area is 118 Å². The molecule has 0 aliphatic rings. The molecule has 1 heterocycles. The minimum atomic E-state index is -4.34. The molecule has 1 aromatic heterocycles. The number of imidazole rings is 1. The highest BCUT2D eigenvalue weighted by Crippen LogP contribution is 2.31. The lowest BCUT2D eigenvalue weighted by molar-refractivity contribution is -0.137. The summed E-state index contributed by atoms with van der Waals surface area (Å²) >= 11 is 6.86. The Kier molecular flexibility index (Phi) is 3.96. The van der Waals surface area contributed by atoms with Gasteiger partial charge in [-0.25, -0.2) is 0 Å². The van der Waals surface area contributed by atoms with E-state index in [0.717, 1.165) is 12.1 Å². The topological polar surface area (TPSA) is 20.7 Å². The predicted octanol–water partition coefficient (Wildman–Crippen LogP) is 4.47. The van der Waals surface area contributed by atoms with Gasteiger partial charge < -0.3 is 9.55 Å². The molecule has 1 N–H and O–H groups in total. The minimum Gasteiger partial charge on any atom is -0.331 e. The first kappa shape index (κ1) is 14.5. The van der Waals surface area contributed by atoms with Gasteiger partial charge in [0.1, 0.15) is 0 Å². The number of fused-ring (bicyclic) bond motifs is 1. The van der Waals surface area contributed by atoms with E-state index in [9.17, 15) is 13.2 Å². The van der Waals surface area contributed by atoms with Gasteiger partial charge in [-0.1, -0.05) is 6.92 Å². The van der Waals surface area contributed by atoms with Crippen molar-refractivity contribution in [3.05, 3.63) is 28.5 Å². The largest absolute Gasteiger partial charge is 0.416 e. The van der Waals surface area contributed by atoms with E-state index >= 15 is 0 Å². The third-order valence-corrected chi connectivity index (χ3v) is 4.22. The number of nitrogens with one attached hydrogen (secondary N) is 1. The predicted molar refractivity (Wildman–Crippen MR) is 75.1 cm³/mol. The van der Waals surface area contributed by atoms with Crippen molar-refractivity contribution in [2.24, 2.45) is 0 Å². The number of aromatic amines is 1. The van der Waals surface area contributed by atoms with Crippen molar-refractivity contribution in [3.8, 4) is 0 Å². The first-order chi connectivity index (χ1) is 8.82. The molecule has 104 valence electrons. The van der Waals surface area contributed by atoms with Crippen LogP contribution in [0.2, 0.25) is 0 Å². The number of H-pyrrole nitrogens is 1. The summed E-state index contributed by atoms with van der Waals surface area (Å²) in [5, 5.41) is 0.341. The number of rotatable bonds is 3. The first-order valence-corrected chi connectivity index (χ1v) is 7.35. The summed E-state index contributed by atoms with van der Waals surface area (Å²) in [6.45, 7) is 2.72. The summed E-state index contributed by atoms with van der Waals surface area (Å²) in [6, 6.07) is 3.66. The Bertz CT molecular complexity index is 642. The zero-order valence-corrected chi connectivity index (χ0v) is 12.0. The fraction of sp³-hybridized carbons (Fsp3) is 0.417. The zero-order valence-electron chi connectivity index (χ0n) is 10.4. The molecule has 0 aliphatic carbocycles. The maximum atomic E-state index is 12.6. The van der Waals surface area contributed by atoms with E-state index in [-0.39, 0.29) is 0 Å². The number of aromatic nitrogens is 2. The highest BCUT2D eigenvalue weighted by molar-refractivity contribution is 7.99. The Morgan fingerprint density at radius 1 is 1.42 bits per heavy atom. The summed E-state index contributed by atoms with van der Waals surface area (Å²) in [6.07, 6.45) is -2.34. The van der Waals surface area contributed by atoms with Crippen molar-refractivity contribution in [1.29, 1.82) is 0 Å². The number of hydrogen-bond acceptors (Lipinski definition) is 2. The Balaban J connectivity index is 2.51. The standard InChI is InChI=1S/C12H13F3N2S2/c1-7(19-2)6-17-10-4-3-8(12(13,14)15)5-9(10)16-11(17)18/h3-5,7H,6H2,1-2H3,(H,16,18). The molecule has 2 aromatic rings. The van der Waals surface area contributed by atoms with Crippen LogP contribution in [0, 0.1) is 4.77 Å². The number of benzene rings is 1. The fourth-order valence-electron chi connectivity index (χ4n) is 1.85. The molecule has 7 heteroatoms. The van der Waals surface area contributed by atoms with Crippen LogP contribution >= 0.6 is 24.0 Å². The van der Waals surface area contributed by atoms with Crippen LogP contribution in [0.25, 0.3) is 11.0 Å². The number of hydrogen-bond donors (Lipinski definition) is 1. The maximum absolute atomic E-state index is 12.6. The average molecular weight is 306 g/mol. The van der Waals surface area contributed by atoms with Gasteiger partial charge in [0.05, 0.1) is 16.6 Å². The van der Waals surface area contributed by atoms with Crippen LogP contribution in [-0.4, -0.2) is 21.1 Å². The average Bonchev–Trinajstić information content (AvgIpc) is 2.64. The molecular weight excluding hydrogens is 293 g/mol. The van der Waals surface area contributed by atoms with Crippen molar-refractivity contribution < 1.29 is 13.2 Å². The van der Waals surface area contributed by atoms with Crippen LogP contribution in [0.1, 0.15) is 12.5 Å². The second kappa shape index (κ2) is 5.20. The molecule has 2 nitrogen and oxygen atoms in total. The van der Waals surface area contributed by atoms with Crippen LogP contribution in [0.4, 0.5) is 13.2 Å². The van der Waals surface area contributed by atoms with Gasteiger partial charge in [0.15, 0.2) is 4.77 Å². The molecule has 0 amide bonds. The summed E-state index contributed by atoms with van der Waals surface area (Å²) in [5.41, 5.74) is 0.466. The van der Waals surface area contributed by atoms with Gasteiger partial charge >= 0.3 is 6.18 Å². The molecule has 0 fully saturated rings. The van der Waals surface area contributed by atoms with Crippen molar-refractivity contribution in [2.45, 2.75) is 24.9 Å². The monoisotopic (exact) mass is 306 g/mol. The van der Waals surface area contributed by atoms with Gasteiger partial charge in [-0.2, -0.15) is 24.9 Å². The van der Waals surface area contributed by atoms with Gasteiger partial charge in [-0.05, 0) is 36.7 Å². The van der Waals surface area contributed by atoms with E-state index in [0.29, 0.717) is 27.6 Å². The number of thioether (sulfide) groups is 1. The van der Waals surface area contributed by atoms with Gasteiger partial charge in [0, 0.05) is 11.8 Å². The van der Waals surface area contributed by atoms with Crippen LogP contribution in [0.15, 0.2) is 18.2 Å². The third kappa shape index (κ3) is 2.97. The lowest BCUT2D eigenvalue weighted by atomic mass is 10.2. The van der Waals surface area contributed by atoms with Gasteiger partial charge in [0.2, 0.25) is 0 Å². The number of nitrogens with zero attached hydrogens (tertiary/aromatic N) is 1. The Morgan fingerprint density at radius 2 is 2.11 bits per heavy atom. The minimum absolute atomic E-state index is 0.341. The van der Waals surface area contributed by atoms with E-state index < -0.39 is 11.7 Å². The van der Waals surface area contributed by atoms with Crippen molar-refractivity contribution in [1.82, 2.24) is 9.55 Å². The van der Waals surface area contributed by atoms with E-state index in [1.807, 2.05) is 10.8 Å². The second-order valence-electron chi connectivity index (χ2n) is 4.32. The first-order valence-electron chi connectivity index (χ1n) is 5.65. The van der Waals surface area contributed by atoms with E-state index in [1.165, 1.54) is 6.07 Å². The molecule has 0 spiro atoms. The summed E-state index contributed by atoms with van der Waals surface area (Å²) in [7, 11) is 0. The van der Waals surface area contributed by atoms with Gasteiger partial charge in [-0.3, -0.25) is 0 Å². The highest BCUT2D eigenvalue weighted by Gasteiger charge is 2.30. The molecule has 2 rings (SSSR count). The van der Waals surface area contributed by atoms with Crippen LogP contribution in [0.5, 0.6) is 0 Å². The van der Waals surface area contributed by atoms with Crippen molar-refractivity contribution in [2.75, 3.05) is 6.26 Å². The fourth-order valence-corrected chi connectivity index (χ4v) is 2.43. The van der Waals surface area contributed by atoms with Crippen LogP contribution in [0.3, 0.4) is 0 Å². The Morgan fingerprint density at radius 3 is 2.68 bits per heavy atom. The quantitative estimate of drug-likeness (QED) is 0.845. The molecular formula is C12H13F3N2S2. The summed E-state index contributed by atoms with van der Waals surface area (Å²) < 4.78 is 40.2. The molecule has 0 saturated heterocycles. The molecule has 1 aromatic carbocycles. The summed E-state index contributed by atoms with van der Waals surface area (Å²) in [4.78, 5) is 2.84. The zero-order chi connectivity index (χ0) is 14.2. The third-order valence-electron chi connectivity index (χ3n) is 2.94. The van der Waals surface area contributed by atoms with E-state index in [2.05, 4.69) is 11.9 Å². The molecule has 19 heavy (non-hydrogen) atoms. The van der Waals surface area contributed by atoms with Crippen molar-refractivity contribution in [3.63, 3.8) is 0 Å². The van der Waals surface area contributed by atoms with E-state index in [1.54, 1.807) is 11.8 Å². The molecule has 0 aliphatic heterocycles. The molecule has 0 radical (unpaired) electrons. The normalized spacial score (nSPS) is 13.9. The van der Waals surface area contributed by atoms with Crippen molar-refractivity contribution >= 4 is 35.0 Å². The number of halogens is 3. The number of alkyl halides is 3. The summed E-state index contributed by atoms with van der Waals surface area (Å²) in [5.74, 6) is 0. The second-order valence-corrected chi connectivity index (χ2v) is 5.98. The Hall–Kier alpha value is -0.950. The SMILES string of the molecule is CSC(C)Cn1c(=S)[nH]c2cc(C(F)(F)F)ccc21. The smallest absolute Gasteiger partial charge is 0.331 e. The maximum Gasteiger partial charge on any atom is 0.416 e. The molecule has 0 bridgehead atoms. The molecule has 1 unspecified atom stereocenters. The van der Waals surface area contributed by atoms with Crippen LogP contribution < -0.4 is 0 Å². The van der Waals surface area contributed by atoms with E-state index in [4.69, 9.17) is 12.2 Å². The molecule has 1 atom stereocenters. The lowest BCUT2D eigenvalue weighted by Crippen LogP contribution is -2.09. The van der Waals surface area contributed by atoms with Gasteiger partial charge in [0.25, 0.3) is 0 Å².